The van der Waals surface area contributed by atoms with E-state index in [0.717, 1.165) is 38.5 Å². The third-order valence-electron chi connectivity index (χ3n) is 4.02. The van der Waals surface area contributed by atoms with Gasteiger partial charge in [0.05, 0.1) is 6.54 Å². The minimum absolute atomic E-state index is 0.0920. The molecule has 1 saturated heterocycles. The molecule has 3 amide bonds. The smallest absolute Gasteiger partial charge is 0.323 e. The van der Waals surface area contributed by atoms with Gasteiger partial charge in [-0.3, -0.25) is 9.69 Å². The van der Waals surface area contributed by atoms with Crippen LogP contribution in [0.4, 0.5) is 4.79 Å². The molecule has 5 heteroatoms. The standard InChI is InChI=1S/C14H21ClN2O2/c1-11(9-15)10-17-12(18)14(16-13(17)19)7-5-3-2-4-6-8-14/h1-10H2,(H,16,19). The Morgan fingerprint density at radius 2 is 1.79 bits per heavy atom. The number of carbonyl (C=O) groups excluding carboxylic acids is 2. The molecular weight excluding hydrogens is 264 g/mol. The molecule has 1 aliphatic carbocycles. The zero-order chi connectivity index (χ0) is 13.9. The normalized spacial score (nSPS) is 23.1. The second-order valence-electron chi connectivity index (χ2n) is 5.55. The van der Waals surface area contributed by atoms with Crippen molar-refractivity contribution in [1.29, 1.82) is 0 Å². The number of nitrogens with one attached hydrogen (secondary N) is 1. The molecule has 0 aromatic rings. The fourth-order valence-corrected chi connectivity index (χ4v) is 3.02. The molecule has 0 aromatic heterocycles. The maximum Gasteiger partial charge on any atom is 0.325 e. The van der Waals surface area contributed by atoms with E-state index in [1.807, 2.05) is 0 Å². The monoisotopic (exact) mass is 284 g/mol. The Morgan fingerprint density at radius 1 is 1.21 bits per heavy atom. The van der Waals surface area contributed by atoms with Gasteiger partial charge in [-0.2, -0.15) is 0 Å². The van der Waals surface area contributed by atoms with Gasteiger partial charge in [0.25, 0.3) is 5.91 Å². The van der Waals surface area contributed by atoms with Crippen LogP contribution in [0, 0.1) is 0 Å². The van der Waals surface area contributed by atoms with Gasteiger partial charge in [-0.25, -0.2) is 4.79 Å². The molecule has 1 heterocycles. The summed E-state index contributed by atoms with van der Waals surface area (Å²) < 4.78 is 0. The number of urea groups is 1. The molecule has 1 aliphatic heterocycles. The summed E-state index contributed by atoms with van der Waals surface area (Å²) >= 11 is 5.68. The van der Waals surface area contributed by atoms with Crippen LogP contribution in [0.2, 0.25) is 0 Å². The number of hydrogen-bond acceptors (Lipinski definition) is 2. The molecule has 0 bridgehead atoms. The van der Waals surface area contributed by atoms with Crippen molar-refractivity contribution in [3.8, 4) is 0 Å². The van der Waals surface area contributed by atoms with Crippen molar-refractivity contribution in [3.63, 3.8) is 0 Å². The van der Waals surface area contributed by atoms with Crippen LogP contribution in [0.5, 0.6) is 0 Å². The van der Waals surface area contributed by atoms with E-state index in [9.17, 15) is 9.59 Å². The van der Waals surface area contributed by atoms with E-state index in [1.165, 1.54) is 11.3 Å². The quantitative estimate of drug-likeness (QED) is 0.492. The Morgan fingerprint density at radius 3 is 2.37 bits per heavy atom. The first-order valence-corrected chi connectivity index (χ1v) is 7.49. The molecule has 19 heavy (non-hydrogen) atoms. The summed E-state index contributed by atoms with van der Waals surface area (Å²) in [5, 5.41) is 2.92. The number of halogens is 1. The van der Waals surface area contributed by atoms with Gasteiger partial charge in [0.1, 0.15) is 5.54 Å². The second-order valence-corrected chi connectivity index (χ2v) is 5.82. The van der Waals surface area contributed by atoms with Crippen LogP contribution in [-0.4, -0.2) is 34.8 Å². The van der Waals surface area contributed by atoms with E-state index in [1.54, 1.807) is 0 Å². The molecule has 1 spiro atoms. The molecule has 0 unspecified atom stereocenters. The molecule has 2 aliphatic rings. The average Bonchev–Trinajstić information content (AvgIpc) is 2.59. The van der Waals surface area contributed by atoms with Gasteiger partial charge in [-0.1, -0.05) is 38.7 Å². The molecule has 0 aromatic carbocycles. The van der Waals surface area contributed by atoms with Crippen molar-refractivity contribution >= 4 is 23.5 Å². The molecule has 2 fully saturated rings. The van der Waals surface area contributed by atoms with Crippen LogP contribution in [-0.2, 0) is 4.79 Å². The third kappa shape index (κ3) is 2.94. The molecule has 0 atom stereocenters. The zero-order valence-corrected chi connectivity index (χ0v) is 12.0. The molecule has 0 radical (unpaired) electrons. The van der Waals surface area contributed by atoms with Gasteiger partial charge in [0.15, 0.2) is 0 Å². The number of alkyl halides is 1. The average molecular weight is 285 g/mol. The van der Waals surface area contributed by atoms with Crippen molar-refractivity contribution in [2.24, 2.45) is 0 Å². The molecule has 2 rings (SSSR count). The van der Waals surface area contributed by atoms with Crippen LogP contribution in [0.15, 0.2) is 12.2 Å². The van der Waals surface area contributed by atoms with Crippen molar-refractivity contribution in [3.05, 3.63) is 12.2 Å². The van der Waals surface area contributed by atoms with E-state index in [2.05, 4.69) is 11.9 Å². The third-order valence-corrected chi connectivity index (χ3v) is 4.40. The largest absolute Gasteiger partial charge is 0.325 e. The van der Waals surface area contributed by atoms with E-state index in [4.69, 9.17) is 11.6 Å². The van der Waals surface area contributed by atoms with Gasteiger partial charge in [-0.15, -0.1) is 11.6 Å². The highest BCUT2D eigenvalue weighted by molar-refractivity contribution is 6.19. The number of nitrogens with zero attached hydrogens (tertiary/aromatic N) is 1. The number of rotatable bonds is 3. The Hall–Kier alpha value is -1.03. The zero-order valence-electron chi connectivity index (χ0n) is 11.2. The van der Waals surface area contributed by atoms with E-state index < -0.39 is 5.54 Å². The summed E-state index contributed by atoms with van der Waals surface area (Å²) in [6, 6.07) is -0.295. The Kier molecular flexibility index (Phi) is 4.50. The first-order valence-electron chi connectivity index (χ1n) is 6.96. The summed E-state index contributed by atoms with van der Waals surface area (Å²) in [6.07, 6.45) is 7.00. The fraction of sp³-hybridized carbons (Fsp3) is 0.714. The summed E-state index contributed by atoms with van der Waals surface area (Å²) in [5.74, 6) is 0.176. The molecule has 1 N–H and O–H groups in total. The van der Waals surface area contributed by atoms with Crippen molar-refractivity contribution in [2.45, 2.75) is 50.5 Å². The summed E-state index contributed by atoms with van der Waals surface area (Å²) in [6.45, 7) is 4.00. The van der Waals surface area contributed by atoms with Crippen LogP contribution in [0.1, 0.15) is 44.9 Å². The van der Waals surface area contributed by atoms with E-state index in [0.29, 0.717) is 5.57 Å². The number of hydrogen-bond donors (Lipinski definition) is 1. The van der Waals surface area contributed by atoms with Gasteiger partial charge in [0, 0.05) is 5.88 Å². The van der Waals surface area contributed by atoms with Crippen LogP contribution >= 0.6 is 11.6 Å². The summed E-state index contributed by atoms with van der Waals surface area (Å²) in [5.41, 5.74) is 0.0254. The predicted octanol–water partition coefficient (Wildman–Crippen LogP) is 2.82. The molecule has 4 nitrogen and oxygen atoms in total. The molecule has 106 valence electrons. The highest BCUT2D eigenvalue weighted by Gasteiger charge is 2.50. The van der Waals surface area contributed by atoms with Crippen molar-refractivity contribution in [1.82, 2.24) is 10.2 Å². The number of amides is 3. The Balaban J connectivity index is 2.12. The summed E-state index contributed by atoms with van der Waals surface area (Å²) in [7, 11) is 0. The fourth-order valence-electron chi connectivity index (χ4n) is 2.93. The maximum absolute atomic E-state index is 12.6. The van der Waals surface area contributed by atoms with E-state index >= 15 is 0 Å². The lowest BCUT2D eigenvalue weighted by atomic mass is 9.84. The number of carbonyl (C=O) groups is 2. The van der Waals surface area contributed by atoms with Gasteiger partial charge < -0.3 is 5.32 Å². The first kappa shape index (κ1) is 14.4. The minimum atomic E-state index is -0.663. The Labute approximate surface area is 119 Å². The van der Waals surface area contributed by atoms with E-state index in [-0.39, 0.29) is 24.4 Å². The highest BCUT2D eigenvalue weighted by Crippen LogP contribution is 2.32. The predicted molar refractivity (Wildman–Crippen MR) is 75.2 cm³/mol. The minimum Gasteiger partial charge on any atom is -0.323 e. The second kappa shape index (κ2) is 5.95. The number of imide groups is 1. The van der Waals surface area contributed by atoms with Crippen LogP contribution in [0.3, 0.4) is 0 Å². The van der Waals surface area contributed by atoms with Crippen molar-refractivity contribution < 1.29 is 9.59 Å². The van der Waals surface area contributed by atoms with Gasteiger partial charge in [-0.05, 0) is 18.4 Å². The van der Waals surface area contributed by atoms with Gasteiger partial charge in [0.2, 0.25) is 0 Å². The van der Waals surface area contributed by atoms with Crippen LogP contribution < -0.4 is 5.32 Å². The molecule has 1 saturated carbocycles. The Bertz CT molecular complexity index is 387. The maximum atomic E-state index is 12.6. The van der Waals surface area contributed by atoms with Gasteiger partial charge >= 0.3 is 6.03 Å². The lowest BCUT2D eigenvalue weighted by Gasteiger charge is -2.28. The lowest BCUT2D eigenvalue weighted by Crippen LogP contribution is -2.47. The van der Waals surface area contributed by atoms with Crippen molar-refractivity contribution in [2.75, 3.05) is 12.4 Å². The molecular formula is C14H21ClN2O2. The first-order chi connectivity index (χ1) is 9.09. The SMILES string of the molecule is C=C(CCl)CN1C(=O)NC2(CCCCCCC2)C1=O. The topological polar surface area (TPSA) is 49.4 Å². The van der Waals surface area contributed by atoms with Crippen LogP contribution in [0.25, 0.3) is 0 Å². The lowest BCUT2D eigenvalue weighted by molar-refractivity contribution is -0.131. The highest BCUT2D eigenvalue weighted by atomic mass is 35.5. The summed E-state index contributed by atoms with van der Waals surface area (Å²) in [4.78, 5) is 25.9.